The molecule has 1 atom stereocenters. The Morgan fingerprint density at radius 3 is 2.39 bits per heavy atom. The molecule has 0 unspecified atom stereocenters. The standard InChI is InChI=1S/C25H28BrN3OS/c1-16-11-17(2)13-22(12-16)29-18(3)23(24(26)19(29)4)14-27-28-25(30)20(5)31-15-21-9-7-6-8-10-21/h6-14,20H,15H2,1-5H3,(H,28,30)/b27-14-/t20-/m1/s1. The number of hydrogen-bond donors (Lipinski definition) is 1. The first-order valence-corrected chi connectivity index (χ1v) is 12.1. The molecule has 4 nitrogen and oxygen atoms in total. The highest BCUT2D eigenvalue weighted by atomic mass is 79.9. The molecule has 3 aromatic rings. The van der Waals surface area contributed by atoms with Crippen LogP contribution < -0.4 is 5.43 Å². The fourth-order valence-corrected chi connectivity index (χ4v) is 4.97. The lowest BCUT2D eigenvalue weighted by atomic mass is 10.1. The van der Waals surface area contributed by atoms with Gasteiger partial charge >= 0.3 is 0 Å². The molecule has 0 saturated heterocycles. The van der Waals surface area contributed by atoms with Crippen LogP contribution in [0, 0.1) is 27.7 Å². The van der Waals surface area contributed by atoms with Crippen LogP contribution in [0.2, 0.25) is 0 Å². The summed E-state index contributed by atoms with van der Waals surface area (Å²) >= 11 is 5.30. The van der Waals surface area contributed by atoms with Crippen molar-refractivity contribution in [1.82, 2.24) is 9.99 Å². The highest BCUT2D eigenvalue weighted by molar-refractivity contribution is 9.10. The molecule has 0 aliphatic heterocycles. The summed E-state index contributed by atoms with van der Waals surface area (Å²) in [5, 5.41) is 4.05. The Bertz CT molecular complexity index is 1090. The molecule has 0 bridgehead atoms. The van der Waals surface area contributed by atoms with E-state index in [4.69, 9.17) is 0 Å². The molecular formula is C25H28BrN3OS. The summed E-state index contributed by atoms with van der Waals surface area (Å²) in [6.45, 7) is 10.3. The first-order chi connectivity index (χ1) is 14.8. The second-order valence-corrected chi connectivity index (χ2v) is 9.87. The number of aromatic nitrogens is 1. The third-order valence-corrected chi connectivity index (χ3v) is 7.37. The molecule has 0 aliphatic carbocycles. The number of hydrazone groups is 1. The first kappa shape index (κ1) is 23.4. The van der Waals surface area contributed by atoms with Crippen LogP contribution in [0.5, 0.6) is 0 Å². The van der Waals surface area contributed by atoms with E-state index in [1.165, 1.54) is 16.7 Å². The fraction of sp³-hybridized carbons (Fsp3) is 0.280. The second-order valence-electron chi connectivity index (χ2n) is 7.75. The minimum atomic E-state index is -0.191. The third-order valence-electron chi connectivity index (χ3n) is 5.16. The van der Waals surface area contributed by atoms with E-state index in [0.29, 0.717) is 0 Å². The molecule has 162 valence electrons. The number of hydrogen-bond acceptors (Lipinski definition) is 3. The van der Waals surface area contributed by atoms with Crippen molar-refractivity contribution in [2.75, 3.05) is 0 Å². The molecule has 0 saturated carbocycles. The molecule has 1 aromatic heterocycles. The predicted octanol–water partition coefficient (Wildman–Crippen LogP) is 6.25. The summed E-state index contributed by atoms with van der Waals surface area (Å²) in [6.07, 6.45) is 1.72. The minimum absolute atomic E-state index is 0.101. The van der Waals surface area contributed by atoms with Gasteiger partial charge in [0.25, 0.3) is 5.91 Å². The molecule has 0 fully saturated rings. The molecule has 2 aromatic carbocycles. The van der Waals surface area contributed by atoms with Gasteiger partial charge in [-0.15, -0.1) is 11.8 Å². The Hall–Kier alpha value is -2.31. The molecule has 31 heavy (non-hydrogen) atoms. The zero-order chi connectivity index (χ0) is 22.5. The van der Waals surface area contributed by atoms with E-state index >= 15 is 0 Å². The van der Waals surface area contributed by atoms with E-state index in [1.807, 2.05) is 25.1 Å². The van der Waals surface area contributed by atoms with E-state index < -0.39 is 0 Å². The number of thioether (sulfide) groups is 1. The lowest BCUT2D eigenvalue weighted by Gasteiger charge is -2.11. The summed E-state index contributed by atoms with van der Waals surface area (Å²) < 4.78 is 3.19. The average Bonchev–Trinajstić information content (AvgIpc) is 2.95. The van der Waals surface area contributed by atoms with E-state index in [2.05, 4.69) is 89.1 Å². The number of aryl methyl sites for hydroxylation is 2. The van der Waals surface area contributed by atoms with Crippen molar-refractivity contribution in [2.45, 2.75) is 45.6 Å². The van der Waals surface area contributed by atoms with Gasteiger partial charge in [0.15, 0.2) is 0 Å². The molecule has 1 heterocycles. The number of carbonyl (C=O) groups excluding carboxylic acids is 1. The van der Waals surface area contributed by atoms with E-state index in [9.17, 15) is 4.79 Å². The number of halogens is 1. The molecule has 0 radical (unpaired) electrons. The molecule has 0 spiro atoms. The normalized spacial score (nSPS) is 12.3. The topological polar surface area (TPSA) is 46.4 Å². The SMILES string of the molecule is Cc1cc(C)cc(-n2c(C)c(Br)c(/C=N\NC(=O)[C@@H](C)SCc3ccccc3)c2C)c1. The smallest absolute Gasteiger partial charge is 0.252 e. The van der Waals surface area contributed by atoms with E-state index in [-0.39, 0.29) is 11.2 Å². The maximum atomic E-state index is 12.4. The van der Waals surface area contributed by atoms with Crippen molar-refractivity contribution in [3.05, 3.63) is 86.6 Å². The van der Waals surface area contributed by atoms with Crippen molar-refractivity contribution in [3.8, 4) is 5.69 Å². The Labute approximate surface area is 197 Å². The Kier molecular flexibility index (Phi) is 7.79. The largest absolute Gasteiger partial charge is 0.317 e. The van der Waals surface area contributed by atoms with Crippen LogP contribution in [0.4, 0.5) is 0 Å². The minimum Gasteiger partial charge on any atom is -0.317 e. The van der Waals surface area contributed by atoms with Gasteiger partial charge in [-0.2, -0.15) is 5.10 Å². The van der Waals surface area contributed by atoms with Crippen molar-refractivity contribution in [1.29, 1.82) is 0 Å². The van der Waals surface area contributed by atoms with Gasteiger partial charge in [-0.3, -0.25) is 4.79 Å². The number of rotatable bonds is 7. The highest BCUT2D eigenvalue weighted by Gasteiger charge is 2.17. The Morgan fingerprint density at radius 2 is 1.74 bits per heavy atom. The van der Waals surface area contributed by atoms with Crippen LogP contribution in [0.3, 0.4) is 0 Å². The molecule has 6 heteroatoms. The van der Waals surface area contributed by atoms with Crippen LogP contribution in [0.25, 0.3) is 5.69 Å². The van der Waals surface area contributed by atoms with Gasteiger partial charge in [0.05, 0.1) is 11.5 Å². The van der Waals surface area contributed by atoms with Gasteiger partial charge in [0.2, 0.25) is 0 Å². The molecule has 1 N–H and O–H groups in total. The second kappa shape index (κ2) is 10.3. The van der Waals surface area contributed by atoms with Gasteiger partial charge in [-0.25, -0.2) is 5.43 Å². The highest BCUT2D eigenvalue weighted by Crippen LogP contribution is 2.30. The van der Waals surface area contributed by atoms with Crippen LogP contribution in [-0.4, -0.2) is 21.9 Å². The van der Waals surface area contributed by atoms with Crippen molar-refractivity contribution < 1.29 is 4.79 Å². The number of amides is 1. The first-order valence-electron chi connectivity index (χ1n) is 10.2. The Balaban J connectivity index is 1.70. The summed E-state index contributed by atoms with van der Waals surface area (Å²) in [6, 6.07) is 16.7. The lowest BCUT2D eigenvalue weighted by Crippen LogP contribution is -2.27. The van der Waals surface area contributed by atoms with Crippen LogP contribution >= 0.6 is 27.7 Å². The maximum Gasteiger partial charge on any atom is 0.252 e. The quantitative estimate of drug-likeness (QED) is 0.309. The Morgan fingerprint density at radius 1 is 1.10 bits per heavy atom. The van der Waals surface area contributed by atoms with E-state index in [0.717, 1.165) is 32.9 Å². The lowest BCUT2D eigenvalue weighted by molar-refractivity contribution is -0.120. The molecule has 1 amide bonds. The van der Waals surface area contributed by atoms with Gasteiger partial charge in [-0.05, 0) is 79.4 Å². The number of nitrogens with zero attached hydrogens (tertiary/aromatic N) is 2. The average molecular weight is 498 g/mol. The molecule has 3 rings (SSSR count). The molecule has 0 aliphatic rings. The van der Waals surface area contributed by atoms with Crippen molar-refractivity contribution in [2.24, 2.45) is 5.10 Å². The fourth-order valence-electron chi connectivity index (χ4n) is 3.56. The third kappa shape index (κ3) is 5.69. The van der Waals surface area contributed by atoms with Gasteiger partial charge in [0.1, 0.15) is 0 Å². The zero-order valence-electron chi connectivity index (χ0n) is 18.6. The van der Waals surface area contributed by atoms with Crippen molar-refractivity contribution >= 4 is 39.8 Å². The van der Waals surface area contributed by atoms with Crippen LogP contribution in [0.15, 0.2) is 58.1 Å². The summed E-state index contributed by atoms with van der Waals surface area (Å²) in [7, 11) is 0. The van der Waals surface area contributed by atoms with Gasteiger partial charge in [0, 0.05) is 32.9 Å². The predicted molar refractivity (Wildman–Crippen MR) is 135 cm³/mol. The summed E-state index contributed by atoms with van der Waals surface area (Å²) in [5.41, 5.74) is 10.6. The van der Waals surface area contributed by atoms with Crippen LogP contribution in [-0.2, 0) is 10.5 Å². The zero-order valence-corrected chi connectivity index (χ0v) is 21.0. The summed E-state index contributed by atoms with van der Waals surface area (Å²) in [4.78, 5) is 12.4. The number of nitrogens with one attached hydrogen (secondary N) is 1. The maximum absolute atomic E-state index is 12.4. The van der Waals surface area contributed by atoms with Gasteiger partial charge in [-0.1, -0.05) is 36.4 Å². The number of benzene rings is 2. The van der Waals surface area contributed by atoms with E-state index in [1.54, 1.807) is 18.0 Å². The number of carbonyl (C=O) groups is 1. The summed E-state index contributed by atoms with van der Waals surface area (Å²) in [5.74, 6) is 0.693. The molecular weight excluding hydrogens is 470 g/mol. The van der Waals surface area contributed by atoms with Gasteiger partial charge < -0.3 is 4.57 Å². The monoisotopic (exact) mass is 497 g/mol. The van der Waals surface area contributed by atoms with Crippen LogP contribution in [0.1, 0.15) is 40.6 Å². The van der Waals surface area contributed by atoms with Crippen molar-refractivity contribution in [3.63, 3.8) is 0 Å².